The molecular formula is C39H37FN4O4S. The number of carbonyl (C=O) groups excluding carboxylic acids is 1. The lowest BCUT2D eigenvalue weighted by Gasteiger charge is -2.14. The molecule has 2 heterocycles. The van der Waals surface area contributed by atoms with Gasteiger partial charge in [-0.2, -0.15) is 0 Å². The fraction of sp³-hybridized carbons (Fsp3) is 0.205. The second-order valence-corrected chi connectivity index (χ2v) is 13.7. The number of nitrogens with one attached hydrogen (secondary N) is 1. The predicted molar refractivity (Wildman–Crippen MR) is 189 cm³/mol. The van der Waals surface area contributed by atoms with Gasteiger partial charge in [-0.15, -0.1) is 0 Å². The largest absolute Gasteiger partial charge is 0.319 e. The first-order valence-corrected chi connectivity index (χ1v) is 17.8. The van der Waals surface area contributed by atoms with Crippen LogP contribution in [-0.4, -0.2) is 28.4 Å². The molecule has 0 spiro atoms. The van der Waals surface area contributed by atoms with E-state index >= 15 is 4.39 Å². The van der Waals surface area contributed by atoms with Crippen LogP contribution in [0.2, 0.25) is 0 Å². The van der Waals surface area contributed by atoms with Crippen LogP contribution in [0.5, 0.6) is 0 Å². The van der Waals surface area contributed by atoms with Gasteiger partial charge in [0.15, 0.2) is 0 Å². The summed E-state index contributed by atoms with van der Waals surface area (Å²) in [6.45, 7) is 2.54. The number of benzene rings is 4. The minimum absolute atomic E-state index is 0.00472. The number of nitrogens with zero attached hydrogens (tertiary/aromatic N) is 3. The normalized spacial score (nSPS) is 11.6. The number of fused-ring (bicyclic) bond motifs is 1. The lowest BCUT2D eigenvalue weighted by Crippen LogP contribution is -2.31. The van der Waals surface area contributed by atoms with Crippen molar-refractivity contribution in [3.05, 3.63) is 154 Å². The maximum atomic E-state index is 15.9. The van der Waals surface area contributed by atoms with E-state index < -0.39 is 21.7 Å². The molecule has 0 atom stereocenters. The summed E-state index contributed by atoms with van der Waals surface area (Å²) in [7, 11) is -4.25. The minimum atomic E-state index is -4.25. The van der Waals surface area contributed by atoms with Crippen LogP contribution in [0.3, 0.4) is 0 Å². The Morgan fingerprint density at radius 2 is 1.53 bits per heavy atom. The highest BCUT2D eigenvalue weighted by atomic mass is 32.2. The fourth-order valence-corrected chi connectivity index (χ4v) is 7.18. The number of aromatic nitrogens is 3. The summed E-state index contributed by atoms with van der Waals surface area (Å²) in [5.74, 6) is -0.482. The smallest absolute Gasteiger partial charge is 0.277 e. The third kappa shape index (κ3) is 7.70. The van der Waals surface area contributed by atoms with Crippen molar-refractivity contribution < 1.29 is 17.6 Å². The molecule has 0 aliphatic rings. The van der Waals surface area contributed by atoms with Crippen molar-refractivity contribution in [3.8, 4) is 11.1 Å². The SMILES string of the molecule is CCCCc1nc2ccn(Cc3ccccc3)c(=O)c2n1Cc1ccc(-c2ccccc2S(=O)(=O)NC(=O)CCc2ccccc2)cc1F. The van der Waals surface area contributed by atoms with Gasteiger partial charge in [-0.3, -0.25) is 9.59 Å². The maximum Gasteiger partial charge on any atom is 0.277 e. The quantitative estimate of drug-likeness (QED) is 0.144. The molecule has 250 valence electrons. The zero-order chi connectivity index (χ0) is 34.4. The molecule has 1 amide bonds. The van der Waals surface area contributed by atoms with Gasteiger partial charge < -0.3 is 9.13 Å². The van der Waals surface area contributed by atoms with E-state index in [0.717, 1.165) is 24.0 Å². The van der Waals surface area contributed by atoms with Crippen molar-refractivity contribution in [2.24, 2.45) is 0 Å². The Balaban J connectivity index is 1.28. The van der Waals surface area contributed by atoms with Gasteiger partial charge in [-0.25, -0.2) is 22.5 Å². The monoisotopic (exact) mass is 676 g/mol. The molecular weight excluding hydrogens is 640 g/mol. The zero-order valence-corrected chi connectivity index (χ0v) is 28.0. The summed E-state index contributed by atoms with van der Waals surface area (Å²) in [4.78, 5) is 31.1. The molecule has 2 aromatic heterocycles. The third-order valence-corrected chi connectivity index (χ3v) is 9.93. The number of amides is 1. The summed E-state index contributed by atoms with van der Waals surface area (Å²) in [6, 6.07) is 31.6. The average Bonchev–Trinajstić information content (AvgIpc) is 3.46. The molecule has 1 N–H and O–H groups in total. The van der Waals surface area contributed by atoms with E-state index in [-0.39, 0.29) is 29.0 Å². The van der Waals surface area contributed by atoms with E-state index in [2.05, 4.69) is 11.6 Å². The first kappa shape index (κ1) is 33.5. The highest BCUT2D eigenvalue weighted by Gasteiger charge is 2.23. The van der Waals surface area contributed by atoms with Crippen LogP contribution in [0.4, 0.5) is 4.39 Å². The minimum Gasteiger partial charge on any atom is -0.319 e. The van der Waals surface area contributed by atoms with E-state index in [4.69, 9.17) is 4.98 Å². The summed E-state index contributed by atoms with van der Waals surface area (Å²) in [6.07, 6.45) is 4.55. The second kappa shape index (κ2) is 14.8. The number of carbonyl (C=O) groups is 1. The number of unbranched alkanes of at least 4 members (excludes halogenated alkanes) is 1. The van der Waals surface area contributed by atoms with Crippen molar-refractivity contribution in [1.29, 1.82) is 0 Å². The van der Waals surface area contributed by atoms with E-state index in [9.17, 15) is 18.0 Å². The van der Waals surface area contributed by atoms with E-state index in [1.807, 2.05) is 66.7 Å². The number of hydrogen-bond donors (Lipinski definition) is 1. The third-order valence-electron chi connectivity index (χ3n) is 8.50. The molecule has 0 aliphatic carbocycles. The van der Waals surface area contributed by atoms with Gasteiger partial charge in [0.25, 0.3) is 15.6 Å². The van der Waals surface area contributed by atoms with E-state index in [0.29, 0.717) is 47.4 Å². The number of imidazole rings is 1. The van der Waals surface area contributed by atoms with Crippen LogP contribution in [-0.2, 0) is 40.7 Å². The van der Waals surface area contributed by atoms with Crippen LogP contribution >= 0.6 is 0 Å². The molecule has 10 heteroatoms. The molecule has 0 unspecified atom stereocenters. The average molecular weight is 677 g/mol. The van der Waals surface area contributed by atoms with Crippen LogP contribution in [0, 0.1) is 5.82 Å². The lowest BCUT2D eigenvalue weighted by molar-refractivity contribution is -0.119. The van der Waals surface area contributed by atoms with Gasteiger partial charge in [0.1, 0.15) is 17.2 Å². The molecule has 49 heavy (non-hydrogen) atoms. The molecule has 0 bridgehead atoms. The van der Waals surface area contributed by atoms with Gasteiger partial charge in [0, 0.05) is 30.2 Å². The highest BCUT2D eigenvalue weighted by Crippen LogP contribution is 2.29. The van der Waals surface area contributed by atoms with Crippen LogP contribution in [0.25, 0.3) is 22.2 Å². The number of aryl methyl sites for hydroxylation is 2. The zero-order valence-electron chi connectivity index (χ0n) is 27.2. The Labute approximate surface area is 284 Å². The standard InChI is InChI=1S/C39H37FN4O4S/c1-2-3-18-36-41-34-23-24-43(26-29-14-8-5-9-15-29)39(46)38(34)44(36)27-31-21-20-30(25-33(31)40)32-16-10-11-17-35(32)49(47,48)42-37(45)22-19-28-12-6-4-7-13-28/h4-17,20-21,23-25H,2-3,18-19,22,26-27H2,1H3,(H,42,45). The molecule has 0 saturated carbocycles. The molecule has 0 aliphatic heterocycles. The first-order chi connectivity index (χ1) is 23.7. The van der Waals surface area contributed by atoms with Gasteiger partial charge in [0.2, 0.25) is 5.91 Å². The molecule has 0 fully saturated rings. The highest BCUT2D eigenvalue weighted by molar-refractivity contribution is 7.90. The Morgan fingerprint density at radius 3 is 2.24 bits per heavy atom. The maximum absolute atomic E-state index is 15.9. The number of pyridine rings is 1. The van der Waals surface area contributed by atoms with Gasteiger partial charge in [-0.05, 0) is 47.7 Å². The Kier molecular flexibility index (Phi) is 10.1. The van der Waals surface area contributed by atoms with Crippen molar-refractivity contribution in [1.82, 2.24) is 18.8 Å². The molecule has 6 aromatic rings. The number of hydrogen-bond acceptors (Lipinski definition) is 5. The predicted octanol–water partition coefficient (Wildman–Crippen LogP) is 6.88. The van der Waals surface area contributed by atoms with Crippen molar-refractivity contribution in [2.45, 2.75) is 57.0 Å². The number of rotatable bonds is 13. The molecule has 8 nitrogen and oxygen atoms in total. The van der Waals surface area contributed by atoms with Gasteiger partial charge in [0.05, 0.1) is 23.5 Å². The molecule has 0 radical (unpaired) electrons. The van der Waals surface area contributed by atoms with Crippen LogP contribution in [0.15, 0.2) is 125 Å². The summed E-state index contributed by atoms with van der Waals surface area (Å²) in [5.41, 5.74) is 3.59. The van der Waals surface area contributed by atoms with Crippen molar-refractivity contribution in [3.63, 3.8) is 0 Å². The topological polar surface area (TPSA) is 103 Å². The second-order valence-electron chi connectivity index (χ2n) is 12.0. The van der Waals surface area contributed by atoms with E-state index in [1.165, 1.54) is 12.1 Å². The Hall–Kier alpha value is -5.35. The van der Waals surface area contributed by atoms with Crippen LogP contribution < -0.4 is 10.3 Å². The molecule has 0 saturated heterocycles. The first-order valence-electron chi connectivity index (χ1n) is 16.3. The van der Waals surface area contributed by atoms with Gasteiger partial charge >= 0.3 is 0 Å². The van der Waals surface area contributed by atoms with Gasteiger partial charge in [-0.1, -0.05) is 104 Å². The van der Waals surface area contributed by atoms with Crippen molar-refractivity contribution in [2.75, 3.05) is 0 Å². The summed E-state index contributed by atoms with van der Waals surface area (Å²) < 4.78 is 48.3. The fourth-order valence-electron chi connectivity index (χ4n) is 5.94. The van der Waals surface area contributed by atoms with E-state index in [1.54, 1.807) is 45.7 Å². The molecule has 6 rings (SSSR count). The summed E-state index contributed by atoms with van der Waals surface area (Å²) >= 11 is 0. The lowest BCUT2D eigenvalue weighted by atomic mass is 10.0. The number of sulfonamides is 1. The Bertz CT molecular complexity index is 2270. The molecule has 4 aromatic carbocycles. The van der Waals surface area contributed by atoms with Crippen LogP contribution in [0.1, 0.15) is 48.7 Å². The summed E-state index contributed by atoms with van der Waals surface area (Å²) in [5, 5.41) is 0. The Morgan fingerprint density at radius 1 is 0.837 bits per heavy atom. The van der Waals surface area contributed by atoms with Crippen molar-refractivity contribution >= 4 is 27.0 Å². The number of halogens is 1.